The lowest BCUT2D eigenvalue weighted by molar-refractivity contribution is 0.102. The van der Waals surface area contributed by atoms with Gasteiger partial charge < -0.3 is 5.32 Å². The highest BCUT2D eigenvalue weighted by Crippen LogP contribution is 2.16. The Kier molecular flexibility index (Phi) is 3.46. The van der Waals surface area contributed by atoms with Crippen LogP contribution >= 0.6 is 0 Å². The molecule has 0 saturated carbocycles. The van der Waals surface area contributed by atoms with Crippen LogP contribution in [0, 0.1) is 23.4 Å². The second kappa shape index (κ2) is 5.05. The van der Waals surface area contributed by atoms with Gasteiger partial charge in [0.2, 0.25) is 5.95 Å². The molecule has 7 heteroatoms. The van der Waals surface area contributed by atoms with Crippen LogP contribution in [0.4, 0.5) is 23.4 Å². The molecule has 1 N–H and O–H groups in total. The first kappa shape index (κ1) is 13.0. The van der Waals surface area contributed by atoms with Crippen LogP contribution < -0.4 is 5.32 Å². The molecule has 1 aromatic heterocycles. The SMILES string of the molecule is O=C(Nc1cccc(F)n1)c1ccc(F)c(F)c1F. The molecule has 0 aliphatic rings. The van der Waals surface area contributed by atoms with Crippen LogP contribution in [0.15, 0.2) is 30.3 Å². The van der Waals surface area contributed by atoms with Crippen molar-refractivity contribution in [2.75, 3.05) is 5.32 Å². The Morgan fingerprint density at radius 3 is 2.42 bits per heavy atom. The van der Waals surface area contributed by atoms with Gasteiger partial charge in [0.1, 0.15) is 5.82 Å². The fourth-order valence-electron chi connectivity index (χ4n) is 1.36. The number of anilines is 1. The van der Waals surface area contributed by atoms with Crippen molar-refractivity contribution < 1.29 is 22.4 Å². The molecule has 2 rings (SSSR count). The molecule has 1 amide bonds. The minimum atomic E-state index is -1.75. The van der Waals surface area contributed by atoms with Gasteiger partial charge in [-0.15, -0.1) is 0 Å². The summed E-state index contributed by atoms with van der Waals surface area (Å²) in [7, 11) is 0. The summed E-state index contributed by atoms with van der Waals surface area (Å²) in [5.74, 6) is -6.85. The van der Waals surface area contributed by atoms with Crippen LogP contribution in [0.2, 0.25) is 0 Å². The lowest BCUT2D eigenvalue weighted by atomic mass is 10.2. The van der Waals surface area contributed by atoms with E-state index in [1.54, 1.807) is 0 Å². The van der Waals surface area contributed by atoms with Gasteiger partial charge in [-0.1, -0.05) is 6.07 Å². The van der Waals surface area contributed by atoms with E-state index < -0.39 is 34.9 Å². The molecule has 0 spiro atoms. The van der Waals surface area contributed by atoms with Crippen LogP contribution in [-0.4, -0.2) is 10.9 Å². The summed E-state index contributed by atoms with van der Waals surface area (Å²) in [4.78, 5) is 14.9. The van der Waals surface area contributed by atoms with E-state index in [4.69, 9.17) is 0 Å². The predicted molar refractivity (Wildman–Crippen MR) is 58.5 cm³/mol. The van der Waals surface area contributed by atoms with E-state index in [1.807, 2.05) is 0 Å². The summed E-state index contributed by atoms with van der Waals surface area (Å²) in [6.45, 7) is 0. The summed E-state index contributed by atoms with van der Waals surface area (Å²) in [5, 5.41) is 2.07. The first-order valence-corrected chi connectivity index (χ1v) is 5.06. The lowest BCUT2D eigenvalue weighted by Gasteiger charge is -2.06. The molecule has 1 aromatic carbocycles. The maximum atomic E-state index is 13.3. The van der Waals surface area contributed by atoms with Gasteiger partial charge in [0.05, 0.1) is 5.56 Å². The number of benzene rings is 1. The highest BCUT2D eigenvalue weighted by Gasteiger charge is 2.19. The van der Waals surface area contributed by atoms with E-state index >= 15 is 0 Å². The monoisotopic (exact) mass is 270 g/mol. The van der Waals surface area contributed by atoms with Gasteiger partial charge in [-0.25, -0.2) is 18.2 Å². The summed E-state index contributed by atoms with van der Waals surface area (Å²) in [6, 6.07) is 4.99. The normalized spacial score (nSPS) is 10.3. The quantitative estimate of drug-likeness (QED) is 0.518. The summed E-state index contributed by atoms with van der Waals surface area (Å²) in [6.07, 6.45) is 0. The lowest BCUT2D eigenvalue weighted by Crippen LogP contribution is -2.16. The van der Waals surface area contributed by atoms with Crippen molar-refractivity contribution in [3.63, 3.8) is 0 Å². The molecule has 2 aromatic rings. The van der Waals surface area contributed by atoms with Gasteiger partial charge in [-0.3, -0.25) is 4.79 Å². The fourth-order valence-corrected chi connectivity index (χ4v) is 1.36. The third-order valence-corrected chi connectivity index (χ3v) is 2.24. The number of hydrogen-bond acceptors (Lipinski definition) is 2. The summed E-state index contributed by atoms with van der Waals surface area (Å²) >= 11 is 0. The zero-order valence-electron chi connectivity index (χ0n) is 9.25. The fraction of sp³-hybridized carbons (Fsp3) is 0. The molecule has 0 unspecified atom stereocenters. The van der Waals surface area contributed by atoms with Crippen molar-refractivity contribution in [3.05, 3.63) is 59.3 Å². The molecular formula is C12H6F4N2O. The minimum Gasteiger partial charge on any atom is -0.306 e. The number of nitrogens with one attached hydrogen (secondary N) is 1. The Morgan fingerprint density at radius 2 is 1.74 bits per heavy atom. The molecule has 0 radical (unpaired) electrons. The second-order valence-corrected chi connectivity index (χ2v) is 3.52. The predicted octanol–water partition coefficient (Wildman–Crippen LogP) is 2.89. The van der Waals surface area contributed by atoms with E-state index in [0.717, 1.165) is 12.1 Å². The average Bonchev–Trinajstić information content (AvgIpc) is 2.36. The van der Waals surface area contributed by atoms with Gasteiger partial charge in [0, 0.05) is 0 Å². The standard InChI is InChI=1S/C12H6F4N2O/c13-7-5-4-6(10(15)11(7)16)12(19)18-9-3-1-2-8(14)17-9/h1-5H,(H,17,18,19). The number of halogens is 4. The smallest absolute Gasteiger partial charge is 0.259 e. The highest BCUT2D eigenvalue weighted by atomic mass is 19.2. The molecule has 19 heavy (non-hydrogen) atoms. The Bertz CT molecular complexity index is 646. The van der Waals surface area contributed by atoms with Gasteiger partial charge >= 0.3 is 0 Å². The zero-order chi connectivity index (χ0) is 14.0. The maximum absolute atomic E-state index is 13.3. The second-order valence-electron chi connectivity index (χ2n) is 3.52. The molecular weight excluding hydrogens is 264 g/mol. The van der Waals surface area contributed by atoms with Gasteiger partial charge in [-0.2, -0.15) is 4.39 Å². The summed E-state index contributed by atoms with van der Waals surface area (Å²) in [5.41, 5.74) is -0.704. The number of nitrogens with zero attached hydrogens (tertiary/aromatic N) is 1. The number of pyridine rings is 1. The number of carbonyl (C=O) groups is 1. The molecule has 0 bridgehead atoms. The van der Waals surface area contributed by atoms with Crippen molar-refractivity contribution >= 4 is 11.7 Å². The number of rotatable bonds is 2. The van der Waals surface area contributed by atoms with E-state index in [2.05, 4.69) is 10.3 Å². The van der Waals surface area contributed by atoms with Gasteiger partial charge in [0.25, 0.3) is 5.91 Å². The van der Waals surface area contributed by atoms with E-state index in [0.29, 0.717) is 6.07 Å². The number of carbonyl (C=O) groups excluding carboxylic acids is 1. The third kappa shape index (κ3) is 2.70. The van der Waals surface area contributed by atoms with E-state index in [9.17, 15) is 22.4 Å². The minimum absolute atomic E-state index is 0.172. The van der Waals surface area contributed by atoms with Crippen molar-refractivity contribution in [1.29, 1.82) is 0 Å². The molecule has 3 nitrogen and oxygen atoms in total. The van der Waals surface area contributed by atoms with Crippen molar-refractivity contribution in [2.45, 2.75) is 0 Å². The third-order valence-electron chi connectivity index (χ3n) is 2.24. The van der Waals surface area contributed by atoms with E-state index in [1.165, 1.54) is 12.1 Å². The van der Waals surface area contributed by atoms with Gasteiger partial charge in [0.15, 0.2) is 17.5 Å². The molecule has 98 valence electrons. The van der Waals surface area contributed by atoms with Crippen LogP contribution in [0.5, 0.6) is 0 Å². The Balaban J connectivity index is 2.28. The maximum Gasteiger partial charge on any atom is 0.259 e. The zero-order valence-corrected chi connectivity index (χ0v) is 9.25. The molecule has 0 aliphatic carbocycles. The topological polar surface area (TPSA) is 42.0 Å². The van der Waals surface area contributed by atoms with E-state index in [-0.39, 0.29) is 5.82 Å². The highest BCUT2D eigenvalue weighted by molar-refractivity contribution is 6.03. The van der Waals surface area contributed by atoms with Crippen LogP contribution in [0.3, 0.4) is 0 Å². The summed E-state index contributed by atoms with van der Waals surface area (Å²) < 4.78 is 51.7. The number of hydrogen-bond donors (Lipinski definition) is 1. The van der Waals surface area contributed by atoms with Crippen molar-refractivity contribution in [2.24, 2.45) is 0 Å². The molecule has 1 heterocycles. The molecule has 0 atom stereocenters. The first-order chi connectivity index (χ1) is 8.99. The first-order valence-electron chi connectivity index (χ1n) is 5.06. The number of amides is 1. The number of aromatic nitrogens is 1. The van der Waals surface area contributed by atoms with Crippen LogP contribution in [0.25, 0.3) is 0 Å². The molecule has 0 fully saturated rings. The average molecular weight is 270 g/mol. The van der Waals surface area contributed by atoms with Gasteiger partial charge in [-0.05, 0) is 24.3 Å². The van der Waals surface area contributed by atoms with Crippen LogP contribution in [0.1, 0.15) is 10.4 Å². The van der Waals surface area contributed by atoms with Crippen molar-refractivity contribution in [3.8, 4) is 0 Å². The molecule has 0 saturated heterocycles. The van der Waals surface area contributed by atoms with Crippen LogP contribution in [-0.2, 0) is 0 Å². The van der Waals surface area contributed by atoms with Crippen molar-refractivity contribution in [1.82, 2.24) is 4.98 Å². The molecule has 0 aliphatic heterocycles. The largest absolute Gasteiger partial charge is 0.306 e. The Labute approximate surface area is 104 Å². The Morgan fingerprint density at radius 1 is 1.00 bits per heavy atom. The Hall–Kier alpha value is -2.44.